The summed E-state index contributed by atoms with van der Waals surface area (Å²) >= 11 is 3.49. The van der Waals surface area contributed by atoms with Gasteiger partial charge < -0.3 is 5.32 Å². The molecule has 0 saturated carbocycles. The molecule has 2 heterocycles. The van der Waals surface area contributed by atoms with E-state index in [4.69, 9.17) is 0 Å². The van der Waals surface area contributed by atoms with Crippen molar-refractivity contribution in [2.45, 2.75) is 11.7 Å². The highest BCUT2D eigenvalue weighted by molar-refractivity contribution is 7.99. The fourth-order valence-electron chi connectivity index (χ4n) is 1.91. The lowest BCUT2D eigenvalue weighted by Crippen LogP contribution is -2.83. The average Bonchev–Trinajstić information content (AvgIpc) is 3.19. The molecule has 0 saturated heterocycles. The van der Waals surface area contributed by atoms with Crippen LogP contribution < -0.4 is 5.32 Å². The second kappa shape index (κ2) is 7.35. The van der Waals surface area contributed by atoms with Gasteiger partial charge in [0.15, 0.2) is 0 Å². The van der Waals surface area contributed by atoms with Gasteiger partial charge in [-0.15, -0.1) is 16.4 Å². The fourth-order valence-corrected chi connectivity index (χ4v) is 3.44. The number of nitrogens with zero attached hydrogens (tertiary/aromatic N) is 4. The van der Waals surface area contributed by atoms with Crippen molar-refractivity contribution in [3.63, 3.8) is 0 Å². The van der Waals surface area contributed by atoms with Crippen LogP contribution >= 0.6 is 23.1 Å². The van der Waals surface area contributed by atoms with Crippen LogP contribution in [0.1, 0.15) is 4.88 Å². The van der Waals surface area contributed by atoms with Crippen LogP contribution in [-0.2, 0) is 6.54 Å². The van der Waals surface area contributed by atoms with Crippen molar-refractivity contribution < 1.29 is 5.32 Å². The first kappa shape index (κ1) is 14.2. The zero-order valence-electron chi connectivity index (χ0n) is 11.4. The average molecular weight is 318 g/mol. The number of rotatable bonds is 7. The standard InChI is InChI=1S/C14H15N5S2/c1-2-5-12(6-3-1)19-14(16-17-18-19)21-10-8-15-11-13-7-4-9-20-13/h1-7,9,15H,8,10-11H2/p+1. The van der Waals surface area contributed by atoms with E-state index in [-0.39, 0.29) is 0 Å². The van der Waals surface area contributed by atoms with Crippen LogP contribution in [0.5, 0.6) is 0 Å². The largest absolute Gasteiger partial charge is 0.341 e. The molecule has 0 spiro atoms. The summed E-state index contributed by atoms with van der Waals surface area (Å²) < 4.78 is 1.78. The predicted molar refractivity (Wildman–Crippen MR) is 84.7 cm³/mol. The quantitative estimate of drug-likeness (QED) is 0.531. The Hall–Kier alpha value is -1.70. The normalized spacial score (nSPS) is 10.9. The van der Waals surface area contributed by atoms with Crippen molar-refractivity contribution in [1.82, 2.24) is 20.2 Å². The van der Waals surface area contributed by atoms with Crippen LogP contribution in [0.2, 0.25) is 0 Å². The van der Waals surface area contributed by atoms with Gasteiger partial charge in [-0.25, -0.2) is 0 Å². The Morgan fingerprint density at radius 1 is 1.14 bits per heavy atom. The molecule has 3 rings (SSSR count). The molecule has 0 atom stereocenters. The zero-order valence-corrected chi connectivity index (χ0v) is 13.1. The summed E-state index contributed by atoms with van der Waals surface area (Å²) in [5.74, 6) is 0.985. The highest BCUT2D eigenvalue weighted by Gasteiger charge is 2.08. The Kier molecular flexibility index (Phi) is 4.99. The van der Waals surface area contributed by atoms with Gasteiger partial charge >= 0.3 is 0 Å². The summed E-state index contributed by atoms with van der Waals surface area (Å²) in [7, 11) is 0. The maximum atomic E-state index is 4.09. The first-order valence-corrected chi connectivity index (χ1v) is 8.60. The molecule has 5 nitrogen and oxygen atoms in total. The third-order valence-corrected chi connectivity index (χ3v) is 4.77. The molecule has 108 valence electrons. The highest BCUT2D eigenvalue weighted by Crippen LogP contribution is 2.16. The first-order chi connectivity index (χ1) is 10.4. The number of benzene rings is 1. The lowest BCUT2D eigenvalue weighted by molar-refractivity contribution is -0.666. The van der Waals surface area contributed by atoms with Gasteiger partial charge in [-0.3, -0.25) is 0 Å². The maximum absolute atomic E-state index is 4.09. The lowest BCUT2D eigenvalue weighted by atomic mass is 10.3. The molecule has 0 fully saturated rings. The summed E-state index contributed by atoms with van der Waals surface area (Å²) in [6.45, 7) is 2.09. The zero-order chi connectivity index (χ0) is 14.3. The predicted octanol–water partition coefficient (Wildman–Crippen LogP) is 1.58. The topological polar surface area (TPSA) is 60.2 Å². The van der Waals surface area contributed by atoms with Gasteiger partial charge in [0.05, 0.1) is 22.9 Å². The first-order valence-electron chi connectivity index (χ1n) is 6.74. The molecule has 0 radical (unpaired) electrons. The van der Waals surface area contributed by atoms with Crippen molar-refractivity contribution in [1.29, 1.82) is 0 Å². The van der Waals surface area contributed by atoms with Crippen molar-refractivity contribution in [3.05, 3.63) is 52.7 Å². The Morgan fingerprint density at radius 2 is 2.05 bits per heavy atom. The van der Waals surface area contributed by atoms with Gasteiger partial charge in [0.1, 0.15) is 6.54 Å². The molecular weight excluding hydrogens is 302 g/mol. The minimum Gasteiger partial charge on any atom is -0.341 e. The summed E-state index contributed by atoms with van der Waals surface area (Å²) in [4.78, 5) is 1.41. The summed E-state index contributed by atoms with van der Waals surface area (Å²) in [6, 6.07) is 14.2. The Labute approximate surface area is 131 Å². The molecule has 2 aromatic heterocycles. The summed E-state index contributed by atoms with van der Waals surface area (Å²) in [5.41, 5.74) is 0.993. The van der Waals surface area contributed by atoms with Crippen LogP contribution in [0, 0.1) is 0 Å². The van der Waals surface area contributed by atoms with Crippen molar-refractivity contribution in [2.75, 3.05) is 12.3 Å². The Bertz CT molecular complexity index is 651. The van der Waals surface area contributed by atoms with Gasteiger partial charge in [0, 0.05) is 0 Å². The van der Waals surface area contributed by atoms with Crippen molar-refractivity contribution >= 4 is 23.1 Å². The number of hydrogen-bond donors (Lipinski definition) is 1. The molecule has 2 N–H and O–H groups in total. The van der Waals surface area contributed by atoms with Crippen LogP contribution in [0.25, 0.3) is 5.69 Å². The van der Waals surface area contributed by atoms with E-state index in [1.54, 1.807) is 27.8 Å². The van der Waals surface area contributed by atoms with E-state index in [1.165, 1.54) is 4.88 Å². The SMILES string of the molecule is c1ccc(-n2nnnc2SCC[NH2+]Cc2cccs2)cc1. The molecule has 1 aromatic carbocycles. The molecule has 7 heteroatoms. The highest BCUT2D eigenvalue weighted by atomic mass is 32.2. The number of hydrogen-bond acceptors (Lipinski definition) is 5. The summed E-state index contributed by atoms with van der Waals surface area (Å²) in [5, 5.41) is 17.2. The monoisotopic (exact) mass is 318 g/mol. The number of quaternary nitrogens is 1. The van der Waals surface area contributed by atoms with E-state index < -0.39 is 0 Å². The molecule has 0 unspecified atom stereocenters. The number of thioether (sulfide) groups is 1. The minimum atomic E-state index is 0.839. The smallest absolute Gasteiger partial charge is 0.214 e. The van der Waals surface area contributed by atoms with E-state index in [0.29, 0.717) is 0 Å². The lowest BCUT2D eigenvalue weighted by Gasteiger charge is -2.03. The molecular formula is C14H16N5S2+. The number of nitrogens with two attached hydrogens (primary N) is 1. The Morgan fingerprint density at radius 3 is 2.86 bits per heavy atom. The Balaban J connectivity index is 1.49. The van der Waals surface area contributed by atoms with E-state index >= 15 is 0 Å². The van der Waals surface area contributed by atoms with E-state index in [9.17, 15) is 0 Å². The van der Waals surface area contributed by atoms with Gasteiger partial charge in [-0.05, 0) is 34.0 Å². The minimum absolute atomic E-state index is 0.839. The molecule has 0 aliphatic carbocycles. The summed E-state index contributed by atoms with van der Waals surface area (Å²) in [6.07, 6.45) is 0. The second-order valence-electron chi connectivity index (χ2n) is 4.42. The van der Waals surface area contributed by atoms with Gasteiger partial charge in [-0.2, -0.15) is 4.68 Å². The van der Waals surface area contributed by atoms with Crippen LogP contribution in [0.3, 0.4) is 0 Å². The number of para-hydroxylation sites is 1. The molecule has 21 heavy (non-hydrogen) atoms. The second-order valence-corrected chi connectivity index (χ2v) is 6.51. The number of thiophene rings is 1. The third kappa shape index (κ3) is 3.90. The third-order valence-electron chi connectivity index (χ3n) is 2.92. The van der Waals surface area contributed by atoms with E-state index in [2.05, 4.69) is 38.4 Å². The maximum Gasteiger partial charge on any atom is 0.214 e. The van der Waals surface area contributed by atoms with Crippen LogP contribution in [0.15, 0.2) is 53.0 Å². The van der Waals surface area contributed by atoms with Gasteiger partial charge in [-0.1, -0.05) is 36.0 Å². The van der Waals surface area contributed by atoms with Crippen molar-refractivity contribution in [3.8, 4) is 5.69 Å². The molecule has 3 aromatic rings. The molecule has 0 aliphatic rings. The van der Waals surface area contributed by atoms with E-state index in [0.717, 1.165) is 29.7 Å². The van der Waals surface area contributed by atoms with Crippen molar-refractivity contribution in [2.24, 2.45) is 0 Å². The molecule has 0 amide bonds. The van der Waals surface area contributed by atoms with Crippen LogP contribution in [0.4, 0.5) is 0 Å². The number of tetrazole rings is 1. The molecule has 0 aliphatic heterocycles. The van der Waals surface area contributed by atoms with Crippen LogP contribution in [-0.4, -0.2) is 32.5 Å². The van der Waals surface area contributed by atoms with E-state index in [1.807, 2.05) is 30.3 Å². The fraction of sp³-hybridized carbons (Fsp3) is 0.214. The number of aromatic nitrogens is 4. The van der Waals surface area contributed by atoms with Gasteiger partial charge in [0.2, 0.25) is 5.16 Å². The molecule has 0 bridgehead atoms. The van der Waals surface area contributed by atoms with Gasteiger partial charge in [0.25, 0.3) is 0 Å².